The summed E-state index contributed by atoms with van der Waals surface area (Å²) in [6.45, 7) is 1.18. The van der Waals surface area contributed by atoms with Gasteiger partial charge in [-0.25, -0.2) is 13.6 Å². The third kappa shape index (κ3) is 5.32. The first-order valence-corrected chi connectivity index (χ1v) is 10.9. The predicted octanol–water partition coefficient (Wildman–Crippen LogP) is 5.91. The molecule has 0 spiro atoms. The Bertz CT molecular complexity index is 1520. The van der Waals surface area contributed by atoms with Crippen molar-refractivity contribution >= 4 is 11.8 Å². The van der Waals surface area contributed by atoms with Crippen molar-refractivity contribution in [2.24, 2.45) is 5.73 Å². The second-order valence-corrected chi connectivity index (χ2v) is 7.87. The number of nitrogens with two attached hydrogens (primary N) is 1. The molecular weight excluding hydrogens is 484 g/mol. The number of carboxylic acids is 1. The molecule has 0 aliphatic rings. The first kappa shape index (κ1) is 25.1. The van der Waals surface area contributed by atoms with Gasteiger partial charge in [-0.3, -0.25) is 5.41 Å². The standard InChI is InChI=1S/C27H21F2N3O5/c1-14-22(28)25(32-26(23(14)29)37-21-13-18(35-2)9-10-20(21)27(33)34)36-19-8-4-6-16(12-19)15-5-3-7-17(11-15)24(30)31/h3-13H,1-2H3,(H3,30,31)(H,33,34). The SMILES string of the molecule is COc1ccc(C(=O)O)c(Oc2nc(Oc3cccc(-c4cccc(C(=N)N)c4)c3)c(F)c(C)c2F)c1. The highest BCUT2D eigenvalue weighted by molar-refractivity contribution is 5.96. The number of aromatic carboxylic acids is 1. The number of nitrogens with zero attached hydrogens (tertiary/aromatic N) is 1. The lowest BCUT2D eigenvalue weighted by molar-refractivity contribution is 0.0694. The number of rotatable bonds is 8. The van der Waals surface area contributed by atoms with Gasteiger partial charge in [0.15, 0.2) is 11.6 Å². The fraction of sp³-hybridized carbons (Fsp3) is 0.0741. The van der Waals surface area contributed by atoms with Crippen molar-refractivity contribution in [3.63, 3.8) is 0 Å². The molecule has 3 aromatic carbocycles. The largest absolute Gasteiger partial charge is 0.497 e. The Morgan fingerprint density at radius 2 is 1.57 bits per heavy atom. The number of benzene rings is 3. The number of nitrogens with one attached hydrogen (secondary N) is 1. The zero-order valence-corrected chi connectivity index (χ0v) is 19.7. The fourth-order valence-corrected chi connectivity index (χ4v) is 3.45. The number of halogens is 2. The Morgan fingerprint density at radius 3 is 2.22 bits per heavy atom. The Kier molecular flexibility index (Phi) is 7.01. The van der Waals surface area contributed by atoms with E-state index in [0.717, 1.165) is 5.56 Å². The van der Waals surface area contributed by atoms with Crippen LogP contribution in [0.4, 0.5) is 8.78 Å². The smallest absolute Gasteiger partial charge is 0.339 e. The number of carbonyl (C=O) groups is 1. The van der Waals surface area contributed by atoms with Crippen LogP contribution in [0.25, 0.3) is 11.1 Å². The Labute approximate surface area is 210 Å². The molecule has 8 nitrogen and oxygen atoms in total. The van der Waals surface area contributed by atoms with Crippen LogP contribution in [-0.2, 0) is 0 Å². The summed E-state index contributed by atoms with van der Waals surface area (Å²) >= 11 is 0. The van der Waals surface area contributed by atoms with Crippen LogP contribution in [0.2, 0.25) is 0 Å². The number of nitrogen functional groups attached to an aromatic ring is 1. The van der Waals surface area contributed by atoms with Gasteiger partial charge in [0.2, 0.25) is 0 Å². The van der Waals surface area contributed by atoms with E-state index >= 15 is 0 Å². The highest BCUT2D eigenvalue weighted by Gasteiger charge is 2.23. The van der Waals surface area contributed by atoms with Gasteiger partial charge in [0.05, 0.1) is 7.11 Å². The van der Waals surface area contributed by atoms with Crippen molar-refractivity contribution < 1.29 is 32.9 Å². The minimum absolute atomic E-state index is 0.0862. The summed E-state index contributed by atoms with van der Waals surface area (Å²) in [5, 5.41) is 17.1. The minimum Gasteiger partial charge on any atom is -0.497 e. The lowest BCUT2D eigenvalue weighted by atomic mass is 10.0. The summed E-state index contributed by atoms with van der Waals surface area (Å²) < 4.78 is 46.0. The molecular formula is C27H21F2N3O5. The van der Waals surface area contributed by atoms with Gasteiger partial charge >= 0.3 is 5.97 Å². The Balaban J connectivity index is 1.70. The molecule has 188 valence electrons. The zero-order chi connectivity index (χ0) is 26.7. The molecule has 4 aromatic rings. The first-order valence-electron chi connectivity index (χ1n) is 10.9. The van der Waals surface area contributed by atoms with Crippen molar-refractivity contribution in [3.8, 4) is 40.1 Å². The van der Waals surface area contributed by atoms with Crippen molar-refractivity contribution in [3.05, 3.63) is 95.1 Å². The molecule has 0 amide bonds. The number of amidine groups is 1. The Hall–Kier alpha value is -4.99. The van der Waals surface area contributed by atoms with Crippen LogP contribution in [0, 0.1) is 24.0 Å². The minimum atomic E-state index is -1.32. The molecule has 1 aromatic heterocycles. The quantitative estimate of drug-likeness (QED) is 0.201. The predicted molar refractivity (Wildman–Crippen MR) is 132 cm³/mol. The number of carboxylic acid groups (broad SMARTS) is 1. The van der Waals surface area contributed by atoms with E-state index in [1.807, 2.05) is 6.07 Å². The molecule has 37 heavy (non-hydrogen) atoms. The van der Waals surface area contributed by atoms with Gasteiger partial charge < -0.3 is 25.1 Å². The fourth-order valence-electron chi connectivity index (χ4n) is 3.45. The average molecular weight is 505 g/mol. The summed E-state index contributed by atoms with van der Waals surface area (Å²) in [6, 6.07) is 17.5. The summed E-state index contributed by atoms with van der Waals surface area (Å²) in [4.78, 5) is 15.4. The molecule has 4 rings (SSSR count). The van der Waals surface area contributed by atoms with Gasteiger partial charge in [0, 0.05) is 17.2 Å². The molecule has 0 fully saturated rings. The first-order chi connectivity index (χ1) is 17.7. The second-order valence-electron chi connectivity index (χ2n) is 7.87. The van der Waals surface area contributed by atoms with Crippen LogP contribution < -0.4 is 19.9 Å². The molecule has 10 heteroatoms. The normalized spacial score (nSPS) is 10.6. The highest BCUT2D eigenvalue weighted by atomic mass is 19.1. The van der Waals surface area contributed by atoms with Crippen molar-refractivity contribution in [2.45, 2.75) is 6.92 Å². The molecule has 0 atom stereocenters. The average Bonchev–Trinajstić information content (AvgIpc) is 2.90. The van der Waals surface area contributed by atoms with Crippen LogP contribution in [0.5, 0.6) is 29.0 Å². The highest BCUT2D eigenvalue weighted by Crippen LogP contribution is 2.36. The maximum atomic E-state index is 14.9. The number of hydrogen-bond donors (Lipinski definition) is 3. The zero-order valence-electron chi connectivity index (χ0n) is 19.7. The van der Waals surface area contributed by atoms with Gasteiger partial charge in [-0.2, -0.15) is 4.98 Å². The molecule has 0 saturated carbocycles. The number of pyridine rings is 1. The summed E-state index contributed by atoms with van der Waals surface area (Å²) in [5.41, 5.74) is 6.84. The van der Waals surface area contributed by atoms with Crippen LogP contribution >= 0.6 is 0 Å². The topological polar surface area (TPSA) is 128 Å². The van der Waals surface area contributed by atoms with Crippen LogP contribution in [-0.4, -0.2) is 29.0 Å². The van der Waals surface area contributed by atoms with E-state index in [2.05, 4.69) is 4.98 Å². The van der Waals surface area contributed by atoms with E-state index in [4.69, 9.17) is 25.4 Å². The maximum absolute atomic E-state index is 14.9. The maximum Gasteiger partial charge on any atom is 0.339 e. The third-order valence-corrected chi connectivity index (χ3v) is 5.42. The molecule has 0 unspecified atom stereocenters. The lowest BCUT2D eigenvalue weighted by Gasteiger charge is -2.14. The van der Waals surface area contributed by atoms with Crippen molar-refractivity contribution in [1.82, 2.24) is 4.98 Å². The van der Waals surface area contributed by atoms with E-state index in [0.29, 0.717) is 11.1 Å². The van der Waals surface area contributed by atoms with Crippen LogP contribution in [0.3, 0.4) is 0 Å². The number of ether oxygens (including phenoxy) is 3. The number of hydrogen-bond acceptors (Lipinski definition) is 6. The van der Waals surface area contributed by atoms with Crippen LogP contribution in [0.15, 0.2) is 66.7 Å². The van der Waals surface area contributed by atoms with Gasteiger partial charge in [-0.05, 0) is 48.4 Å². The van der Waals surface area contributed by atoms with E-state index in [9.17, 15) is 18.7 Å². The van der Waals surface area contributed by atoms with Gasteiger partial charge in [-0.1, -0.05) is 30.3 Å². The second kappa shape index (κ2) is 10.3. The number of aromatic nitrogens is 1. The Morgan fingerprint density at radius 1 is 0.919 bits per heavy atom. The molecule has 1 heterocycles. The lowest BCUT2D eigenvalue weighted by Crippen LogP contribution is -2.10. The summed E-state index contributed by atoms with van der Waals surface area (Å²) in [5.74, 6) is -4.59. The molecule has 0 bridgehead atoms. The third-order valence-electron chi connectivity index (χ3n) is 5.42. The van der Waals surface area contributed by atoms with Gasteiger partial charge in [-0.15, -0.1) is 0 Å². The van der Waals surface area contributed by atoms with Gasteiger partial charge in [0.1, 0.15) is 28.6 Å². The van der Waals surface area contributed by atoms with Gasteiger partial charge in [0.25, 0.3) is 11.8 Å². The monoisotopic (exact) mass is 505 g/mol. The molecule has 0 saturated heterocycles. The van der Waals surface area contributed by atoms with E-state index in [-0.39, 0.29) is 28.6 Å². The van der Waals surface area contributed by atoms with E-state index in [1.165, 1.54) is 32.2 Å². The van der Waals surface area contributed by atoms with E-state index in [1.54, 1.807) is 42.5 Å². The molecule has 0 radical (unpaired) electrons. The van der Waals surface area contributed by atoms with Crippen molar-refractivity contribution in [1.29, 1.82) is 5.41 Å². The van der Waals surface area contributed by atoms with E-state index < -0.39 is 34.9 Å². The number of methoxy groups -OCH3 is 1. The summed E-state index contributed by atoms with van der Waals surface area (Å²) in [7, 11) is 1.37. The summed E-state index contributed by atoms with van der Waals surface area (Å²) in [6.07, 6.45) is 0. The molecule has 0 aliphatic carbocycles. The van der Waals surface area contributed by atoms with Crippen molar-refractivity contribution in [2.75, 3.05) is 7.11 Å². The molecule has 0 aliphatic heterocycles. The van der Waals surface area contributed by atoms with Crippen LogP contribution in [0.1, 0.15) is 21.5 Å². The molecule has 4 N–H and O–H groups in total.